The molecule has 0 aromatic heterocycles. The first kappa shape index (κ1) is 19.2. The number of methoxy groups -OCH3 is 1. The number of amides is 1. The number of nitrogens with one attached hydrogen (secondary N) is 2. The molecule has 1 aliphatic heterocycles. The van der Waals surface area contributed by atoms with Gasteiger partial charge in [-0.1, -0.05) is 17.7 Å². The van der Waals surface area contributed by atoms with Crippen molar-refractivity contribution in [3.05, 3.63) is 47.5 Å². The van der Waals surface area contributed by atoms with E-state index >= 15 is 0 Å². The molecule has 2 aromatic rings. The average molecular weight is 384 g/mol. The normalized spacial score (nSPS) is 14.0. The van der Waals surface area contributed by atoms with Crippen LogP contribution in [-0.2, 0) is 4.79 Å². The van der Waals surface area contributed by atoms with E-state index < -0.39 is 0 Å². The van der Waals surface area contributed by atoms with E-state index in [9.17, 15) is 4.79 Å². The van der Waals surface area contributed by atoms with Crippen LogP contribution in [0.5, 0.6) is 5.75 Å². The number of carbonyl (C=O) groups is 1. The van der Waals surface area contributed by atoms with Crippen LogP contribution in [0.3, 0.4) is 0 Å². The Hall–Kier alpha value is -2.60. The molecule has 0 unspecified atom stereocenters. The Labute approximate surface area is 165 Å². The molecule has 0 atom stereocenters. The largest absolute Gasteiger partial charge is 0.495 e. The van der Waals surface area contributed by atoms with Gasteiger partial charge < -0.3 is 20.3 Å². The summed E-state index contributed by atoms with van der Waals surface area (Å²) >= 11 is 5.46. The summed E-state index contributed by atoms with van der Waals surface area (Å²) in [6.07, 6.45) is 2.52. The molecule has 27 heavy (non-hydrogen) atoms. The highest BCUT2D eigenvalue weighted by atomic mass is 32.1. The number of anilines is 3. The molecule has 0 bridgehead atoms. The monoisotopic (exact) mass is 383 g/mol. The minimum Gasteiger partial charge on any atom is -0.495 e. The predicted molar refractivity (Wildman–Crippen MR) is 115 cm³/mol. The molecule has 2 N–H and O–H groups in total. The Morgan fingerprint density at radius 2 is 1.93 bits per heavy atom. The van der Waals surface area contributed by atoms with Gasteiger partial charge in [-0.2, -0.15) is 0 Å². The molecule has 1 aliphatic rings. The maximum Gasteiger partial charge on any atom is 0.227 e. The third kappa shape index (κ3) is 4.57. The van der Waals surface area contributed by atoms with Crippen molar-refractivity contribution in [3.8, 4) is 5.75 Å². The molecule has 3 rings (SSSR count). The van der Waals surface area contributed by atoms with Crippen molar-refractivity contribution in [1.82, 2.24) is 0 Å². The first-order chi connectivity index (χ1) is 13.0. The number of thiocarbonyl (C=S) groups is 1. The molecule has 0 spiro atoms. The lowest BCUT2D eigenvalue weighted by Crippen LogP contribution is -2.35. The zero-order valence-corrected chi connectivity index (χ0v) is 16.8. The van der Waals surface area contributed by atoms with E-state index in [1.807, 2.05) is 37.3 Å². The fraction of sp³-hybridized carbons (Fsp3) is 0.333. The number of hydrogen-bond acceptors (Lipinski definition) is 3. The van der Waals surface area contributed by atoms with Crippen molar-refractivity contribution >= 4 is 40.3 Å². The van der Waals surface area contributed by atoms with E-state index in [-0.39, 0.29) is 5.91 Å². The van der Waals surface area contributed by atoms with Crippen molar-refractivity contribution in [1.29, 1.82) is 0 Å². The van der Waals surface area contributed by atoms with Crippen molar-refractivity contribution in [3.63, 3.8) is 0 Å². The highest BCUT2D eigenvalue weighted by Gasteiger charge is 2.23. The van der Waals surface area contributed by atoms with Crippen LogP contribution >= 0.6 is 12.2 Å². The predicted octanol–water partition coefficient (Wildman–Crippen LogP) is 4.64. The summed E-state index contributed by atoms with van der Waals surface area (Å²) in [5, 5.41) is 6.94. The second kappa shape index (κ2) is 8.39. The van der Waals surface area contributed by atoms with Crippen LogP contribution in [0.25, 0.3) is 0 Å². The quantitative estimate of drug-likeness (QED) is 0.754. The molecule has 0 aliphatic carbocycles. The van der Waals surface area contributed by atoms with E-state index in [4.69, 9.17) is 17.0 Å². The minimum absolute atomic E-state index is 0.132. The van der Waals surface area contributed by atoms with Gasteiger partial charge in [0.15, 0.2) is 5.11 Å². The fourth-order valence-electron chi connectivity index (χ4n) is 3.28. The van der Waals surface area contributed by atoms with Crippen molar-refractivity contribution < 1.29 is 9.53 Å². The van der Waals surface area contributed by atoms with Crippen LogP contribution in [0.1, 0.15) is 30.4 Å². The van der Waals surface area contributed by atoms with E-state index in [1.54, 1.807) is 12.0 Å². The van der Waals surface area contributed by atoms with Crippen molar-refractivity contribution in [2.24, 2.45) is 0 Å². The molecular formula is C21H25N3O2S. The molecule has 2 aromatic carbocycles. The summed E-state index contributed by atoms with van der Waals surface area (Å²) in [4.78, 5) is 14.1. The van der Waals surface area contributed by atoms with Gasteiger partial charge in [-0.3, -0.25) is 4.79 Å². The number of carbonyl (C=O) groups excluding carboxylic acids is 1. The van der Waals surface area contributed by atoms with Gasteiger partial charge in [0.2, 0.25) is 5.91 Å². The highest BCUT2D eigenvalue weighted by Crippen LogP contribution is 2.33. The topological polar surface area (TPSA) is 53.6 Å². The smallest absolute Gasteiger partial charge is 0.227 e. The molecular weight excluding hydrogens is 358 g/mol. The first-order valence-corrected chi connectivity index (χ1v) is 9.52. The lowest BCUT2D eigenvalue weighted by Gasteiger charge is -2.28. The molecule has 1 fully saturated rings. The minimum atomic E-state index is 0.132. The maximum absolute atomic E-state index is 12.3. The second-order valence-electron chi connectivity index (χ2n) is 6.79. The Bertz CT molecular complexity index is 867. The number of piperidine rings is 1. The van der Waals surface area contributed by atoms with Gasteiger partial charge in [-0.15, -0.1) is 0 Å². The Balaban J connectivity index is 1.77. The SMILES string of the molecule is COc1ccc(NC(=S)Nc2ccc(C)cc2C)cc1N1CCCCC1=O. The molecule has 0 saturated carbocycles. The summed E-state index contributed by atoms with van der Waals surface area (Å²) in [7, 11) is 1.62. The van der Waals surface area contributed by atoms with Gasteiger partial charge in [0.1, 0.15) is 5.75 Å². The molecule has 0 radical (unpaired) electrons. The highest BCUT2D eigenvalue weighted by molar-refractivity contribution is 7.80. The van der Waals surface area contributed by atoms with E-state index in [1.165, 1.54) is 5.56 Å². The standard InChI is InChI=1S/C21H25N3O2S/c1-14-7-9-17(15(2)12-14)23-21(27)22-16-8-10-19(26-3)18(13-16)24-11-5-4-6-20(24)25/h7-10,12-13H,4-6,11H2,1-3H3,(H2,22,23,27). The Morgan fingerprint density at radius 3 is 2.63 bits per heavy atom. The van der Waals surface area contributed by atoms with E-state index in [2.05, 4.69) is 23.6 Å². The molecule has 6 heteroatoms. The average Bonchev–Trinajstić information content (AvgIpc) is 2.64. The lowest BCUT2D eigenvalue weighted by atomic mass is 10.1. The molecule has 1 heterocycles. The lowest BCUT2D eigenvalue weighted by molar-refractivity contribution is -0.119. The zero-order chi connectivity index (χ0) is 19.4. The van der Waals surface area contributed by atoms with Crippen LogP contribution in [0.15, 0.2) is 36.4 Å². The van der Waals surface area contributed by atoms with Gasteiger partial charge in [-0.05, 0) is 68.7 Å². The number of aryl methyl sites for hydroxylation is 2. The summed E-state index contributed by atoms with van der Waals surface area (Å²) in [5.41, 5.74) is 4.91. The van der Waals surface area contributed by atoms with Crippen LogP contribution < -0.4 is 20.3 Å². The van der Waals surface area contributed by atoms with Crippen LogP contribution in [0.4, 0.5) is 17.1 Å². The summed E-state index contributed by atoms with van der Waals surface area (Å²) in [5.74, 6) is 0.816. The van der Waals surface area contributed by atoms with Crippen molar-refractivity contribution in [2.75, 3.05) is 29.2 Å². The van der Waals surface area contributed by atoms with Crippen LogP contribution in [0, 0.1) is 13.8 Å². The fourth-order valence-corrected chi connectivity index (χ4v) is 3.51. The van der Waals surface area contributed by atoms with Gasteiger partial charge in [0.25, 0.3) is 0 Å². The molecule has 5 nitrogen and oxygen atoms in total. The number of hydrogen-bond donors (Lipinski definition) is 2. The summed E-state index contributed by atoms with van der Waals surface area (Å²) in [6.45, 7) is 4.82. The van der Waals surface area contributed by atoms with E-state index in [0.717, 1.165) is 35.5 Å². The van der Waals surface area contributed by atoms with E-state index in [0.29, 0.717) is 23.8 Å². The molecule has 1 amide bonds. The second-order valence-corrected chi connectivity index (χ2v) is 7.19. The summed E-state index contributed by atoms with van der Waals surface area (Å²) in [6, 6.07) is 11.8. The zero-order valence-electron chi connectivity index (χ0n) is 16.0. The number of benzene rings is 2. The van der Waals surface area contributed by atoms with Gasteiger partial charge in [0.05, 0.1) is 12.8 Å². The Kier molecular flexibility index (Phi) is 5.96. The van der Waals surface area contributed by atoms with Crippen molar-refractivity contribution in [2.45, 2.75) is 33.1 Å². The van der Waals surface area contributed by atoms with Crippen LogP contribution in [-0.4, -0.2) is 24.7 Å². The Morgan fingerprint density at radius 1 is 1.11 bits per heavy atom. The van der Waals surface area contributed by atoms with Gasteiger partial charge >= 0.3 is 0 Å². The molecule has 1 saturated heterocycles. The van der Waals surface area contributed by atoms with Gasteiger partial charge in [0, 0.05) is 24.3 Å². The number of nitrogens with zero attached hydrogens (tertiary/aromatic N) is 1. The first-order valence-electron chi connectivity index (χ1n) is 9.11. The maximum atomic E-state index is 12.3. The summed E-state index contributed by atoms with van der Waals surface area (Å²) < 4.78 is 5.46. The van der Waals surface area contributed by atoms with Gasteiger partial charge in [-0.25, -0.2) is 0 Å². The molecule has 142 valence electrons. The number of ether oxygens (including phenoxy) is 1. The third-order valence-corrected chi connectivity index (χ3v) is 4.89. The number of rotatable bonds is 4. The third-order valence-electron chi connectivity index (χ3n) is 4.68. The van der Waals surface area contributed by atoms with Crippen LogP contribution in [0.2, 0.25) is 0 Å².